The normalized spacial score (nSPS) is 17.8. The highest BCUT2D eigenvalue weighted by molar-refractivity contribution is 6.03. The topological polar surface area (TPSA) is 111 Å². The second-order valence-electron chi connectivity index (χ2n) is 11.4. The molecule has 0 bridgehead atoms. The number of hydrogen-bond donors (Lipinski definition) is 3. The number of piperidine rings is 2. The molecule has 0 saturated carbocycles. The minimum Gasteiger partial charge on any atom is -0.383 e. The molecule has 238 valence electrons. The van der Waals surface area contributed by atoms with Gasteiger partial charge in [-0.15, -0.1) is 24.8 Å². The minimum absolute atomic E-state index is 0. The number of fused-ring (bicyclic) bond motifs is 1. The van der Waals surface area contributed by atoms with Crippen LogP contribution in [0, 0.1) is 0 Å². The largest absolute Gasteiger partial charge is 0.383 e. The van der Waals surface area contributed by atoms with Crippen LogP contribution >= 0.6 is 24.8 Å². The molecule has 0 aliphatic carbocycles. The fourth-order valence-electron chi connectivity index (χ4n) is 6.02. The molecule has 11 heteroatoms. The van der Waals surface area contributed by atoms with Gasteiger partial charge >= 0.3 is 0 Å². The van der Waals surface area contributed by atoms with Crippen molar-refractivity contribution in [2.24, 2.45) is 0 Å². The van der Waals surface area contributed by atoms with Crippen LogP contribution in [0.2, 0.25) is 0 Å². The maximum atomic E-state index is 12.9. The lowest BCUT2D eigenvalue weighted by Gasteiger charge is -2.28. The lowest BCUT2D eigenvalue weighted by Crippen LogP contribution is -2.34. The first-order valence-electron chi connectivity index (χ1n) is 15.3. The van der Waals surface area contributed by atoms with Gasteiger partial charge in [0.25, 0.3) is 5.91 Å². The zero-order chi connectivity index (χ0) is 29.6. The minimum atomic E-state index is -1.14. The van der Waals surface area contributed by atoms with E-state index in [4.69, 9.17) is 9.97 Å². The lowest BCUT2D eigenvalue weighted by molar-refractivity contribution is -0.124. The van der Waals surface area contributed by atoms with Gasteiger partial charge in [0, 0.05) is 79.1 Å². The predicted molar refractivity (Wildman–Crippen MR) is 185 cm³/mol. The van der Waals surface area contributed by atoms with Crippen LogP contribution < -0.4 is 20.4 Å². The van der Waals surface area contributed by atoms with Crippen LogP contribution in [0.3, 0.4) is 0 Å². The third-order valence-electron chi connectivity index (χ3n) is 8.38. The van der Waals surface area contributed by atoms with Gasteiger partial charge < -0.3 is 25.5 Å². The molecule has 5 heterocycles. The highest BCUT2D eigenvalue weighted by Crippen LogP contribution is 2.30. The van der Waals surface area contributed by atoms with E-state index in [9.17, 15) is 14.7 Å². The van der Waals surface area contributed by atoms with Crippen LogP contribution in [0.4, 0.5) is 23.0 Å². The van der Waals surface area contributed by atoms with Crippen molar-refractivity contribution < 1.29 is 14.7 Å². The molecule has 3 N–H and O–H groups in total. The number of anilines is 4. The van der Waals surface area contributed by atoms with Crippen LogP contribution in [-0.4, -0.2) is 59.2 Å². The number of hydrogen-bond acceptors (Lipinski definition) is 7. The Morgan fingerprint density at radius 1 is 0.844 bits per heavy atom. The molecule has 3 aromatic rings. The summed E-state index contributed by atoms with van der Waals surface area (Å²) >= 11 is 0. The van der Waals surface area contributed by atoms with Gasteiger partial charge in [0.2, 0.25) is 5.91 Å². The molecule has 3 aliphatic rings. The molecule has 3 aliphatic heterocycles. The highest BCUT2D eigenvalue weighted by Gasteiger charge is 2.26. The van der Waals surface area contributed by atoms with Crippen molar-refractivity contribution in [3.8, 4) is 0 Å². The zero-order valence-corrected chi connectivity index (χ0v) is 26.8. The highest BCUT2D eigenvalue weighted by atomic mass is 35.5. The van der Waals surface area contributed by atoms with E-state index < -0.39 is 12.0 Å². The third kappa shape index (κ3) is 8.22. The number of carbonyl (C=O) groups is 2. The number of aliphatic hydroxyl groups is 1. The van der Waals surface area contributed by atoms with Crippen molar-refractivity contribution in [3.05, 3.63) is 89.8 Å². The maximum absolute atomic E-state index is 12.9. The van der Waals surface area contributed by atoms with Crippen LogP contribution in [0.15, 0.2) is 73.1 Å². The summed E-state index contributed by atoms with van der Waals surface area (Å²) in [5.41, 5.74) is 4.67. The first kappa shape index (κ1) is 34.0. The molecular weight excluding hydrogens is 611 g/mol. The van der Waals surface area contributed by atoms with Crippen LogP contribution in [0.5, 0.6) is 0 Å². The van der Waals surface area contributed by atoms with Gasteiger partial charge in [0.05, 0.1) is 0 Å². The number of halogens is 2. The maximum Gasteiger partial charge on any atom is 0.253 e. The van der Waals surface area contributed by atoms with E-state index in [-0.39, 0.29) is 37.1 Å². The van der Waals surface area contributed by atoms with E-state index >= 15 is 0 Å². The molecule has 2 aromatic heterocycles. The number of aliphatic hydroxyl groups excluding tert-OH is 1. The number of benzene rings is 1. The third-order valence-corrected chi connectivity index (χ3v) is 8.38. The van der Waals surface area contributed by atoms with Crippen LogP contribution in [-0.2, 0) is 16.0 Å². The van der Waals surface area contributed by atoms with Gasteiger partial charge in [0.15, 0.2) is 0 Å². The number of amides is 2. The zero-order valence-electron chi connectivity index (χ0n) is 25.2. The fourth-order valence-corrected chi connectivity index (χ4v) is 6.02. The number of aromatic nitrogens is 2. The standard InChI is InChI=1S/C34H38N6O3.2ClH/c41-30-21-27-28(10-8-11-29(27)38-34(30)43)37-33(42)12-7-9-26(24-13-15-31(35-22-24)39-17-3-1-4-18-39)25-14-16-32(36-23-25)40-19-5-2-6-20-40;;/h7-16,22-23,30,41H,1-6,17-21H2,(H,37,42)(H,38,43);2*1H/b12-7+;;. The molecule has 2 amide bonds. The first-order valence-corrected chi connectivity index (χ1v) is 15.3. The van der Waals surface area contributed by atoms with Crippen molar-refractivity contribution >= 4 is 65.2 Å². The van der Waals surface area contributed by atoms with Crippen LogP contribution in [0.1, 0.15) is 55.2 Å². The number of nitrogens with one attached hydrogen (secondary N) is 2. The molecule has 0 spiro atoms. The molecule has 6 rings (SSSR count). The molecule has 1 unspecified atom stereocenters. The number of allylic oxidation sites excluding steroid dienone is 2. The molecule has 1 aromatic carbocycles. The summed E-state index contributed by atoms with van der Waals surface area (Å²) in [6.07, 6.45) is 15.2. The van der Waals surface area contributed by atoms with Gasteiger partial charge in [0.1, 0.15) is 17.7 Å². The molecule has 2 fully saturated rings. The summed E-state index contributed by atoms with van der Waals surface area (Å²) in [6, 6.07) is 13.6. The van der Waals surface area contributed by atoms with Gasteiger partial charge in [-0.2, -0.15) is 0 Å². The molecule has 0 radical (unpaired) electrons. The number of pyridine rings is 2. The average molecular weight is 652 g/mol. The number of carbonyl (C=O) groups excluding carboxylic acids is 2. The second kappa shape index (κ2) is 15.9. The van der Waals surface area contributed by atoms with Crippen molar-refractivity contribution in [3.63, 3.8) is 0 Å². The van der Waals surface area contributed by atoms with Gasteiger partial charge in [-0.05, 0) is 80.5 Å². The summed E-state index contributed by atoms with van der Waals surface area (Å²) in [5.74, 6) is 1.23. The first-order chi connectivity index (χ1) is 21.0. The summed E-state index contributed by atoms with van der Waals surface area (Å²) in [5, 5.41) is 15.6. The van der Waals surface area contributed by atoms with E-state index in [0.717, 1.165) is 54.5 Å². The molecule has 9 nitrogen and oxygen atoms in total. The quantitative estimate of drug-likeness (QED) is 0.219. The fraction of sp³-hybridized carbons (Fsp3) is 0.353. The van der Waals surface area contributed by atoms with Crippen molar-refractivity contribution in [1.82, 2.24) is 9.97 Å². The van der Waals surface area contributed by atoms with Crippen molar-refractivity contribution in [2.75, 3.05) is 46.6 Å². The number of rotatable bonds is 7. The summed E-state index contributed by atoms with van der Waals surface area (Å²) < 4.78 is 0. The van der Waals surface area contributed by atoms with Gasteiger partial charge in [-0.3, -0.25) is 9.59 Å². The Balaban J connectivity index is 0.00000230. The summed E-state index contributed by atoms with van der Waals surface area (Å²) in [4.78, 5) is 39.0. The van der Waals surface area contributed by atoms with E-state index in [1.165, 1.54) is 44.6 Å². The predicted octanol–water partition coefficient (Wildman–Crippen LogP) is 5.78. The Morgan fingerprint density at radius 2 is 1.42 bits per heavy atom. The molecule has 1 atom stereocenters. The molecular formula is C34H40Cl2N6O3. The van der Waals surface area contributed by atoms with E-state index in [2.05, 4.69) is 44.7 Å². The van der Waals surface area contributed by atoms with Gasteiger partial charge in [-0.1, -0.05) is 18.2 Å². The monoisotopic (exact) mass is 650 g/mol. The van der Waals surface area contributed by atoms with Crippen molar-refractivity contribution in [2.45, 2.75) is 51.0 Å². The lowest BCUT2D eigenvalue weighted by atomic mass is 9.99. The Hall–Kier alpha value is -3.92. The van der Waals surface area contributed by atoms with Crippen LogP contribution in [0.25, 0.3) is 5.57 Å². The Bertz CT molecular complexity index is 1450. The van der Waals surface area contributed by atoms with Gasteiger partial charge in [-0.25, -0.2) is 9.97 Å². The van der Waals surface area contributed by atoms with Crippen molar-refractivity contribution in [1.29, 1.82) is 0 Å². The SMILES string of the molecule is Cl.Cl.O=C(/C=C/C=C(c1ccc(N2CCCCC2)nc1)c1ccc(N2CCCCC2)nc1)Nc1cccc2c1CC(O)C(=O)N2. The number of nitrogens with zero attached hydrogens (tertiary/aromatic N) is 4. The Kier molecular flexibility index (Phi) is 12.0. The Labute approximate surface area is 276 Å². The summed E-state index contributed by atoms with van der Waals surface area (Å²) in [6.45, 7) is 4.13. The smallest absolute Gasteiger partial charge is 0.253 e. The summed E-state index contributed by atoms with van der Waals surface area (Å²) in [7, 11) is 0. The Morgan fingerprint density at radius 3 is 1.96 bits per heavy atom. The second-order valence-corrected chi connectivity index (χ2v) is 11.4. The average Bonchev–Trinajstić information content (AvgIpc) is 3.05. The van der Waals surface area contributed by atoms with E-state index in [1.54, 1.807) is 24.3 Å². The van der Waals surface area contributed by atoms with E-state index in [1.807, 2.05) is 18.5 Å². The molecule has 2 saturated heterocycles. The molecule has 45 heavy (non-hydrogen) atoms. The van der Waals surface area contributed by atoms with E-state index in [0.29, 0.717) is 16.9 Å².